The van der Waals surface area contributed by atoms with Gasteiger partial charge in [0.1, 0.15) is 0 Å². The van der Waals surface area contributed by atoms with Crippen molar-refractivity contribution >= 4 is 51.2 Å². The van der Waals surface area contributed by atoms with Crippen LogP contribution in [0, 0.1) is 0 Å². The largest absolute Gasteiger partial charge is 0.0924 e. The maximum Gasteiger partial charge on any atom is 0.0845 e. The molecule has 0 fully saturated rings. The monoisotopic (exact) mass is 722 g/mol. The highest BCUT2D eigenvalue weighted by molar-refractivity contribution is 8.27. The molecule has 1 heterocycles. The molecule has 0 saturated carbocycles. The van der Waals surface area contributed by atoms with Gasteiger partial charge >= 0.3 is 0 Å². The molecule has 0 spiro atoms. The molecule has 2 aromatic carbocycles. The van der Waals surface area contributed by atoms with Crippen molar-refractivity contribution in [3.8, 4) is 0 Å². The van der Waals surface area contributed by atoms with Crippen LogP contribution >= 0.6 is 15.1 Å². The molecule has 48 heavy (non-hydrogen) atoms. The predicted octanol–water partition coefficient (Wildman–Crippen LogP) is 13.4. The van der Waals surface area contributed by atoms with E-state index in [4.69, 9.17) is 0 Å². The summed E-state index contributed by atoms with van der Waals surface area (Å²) < 4.78 is 4.01. The lowest BCUT2D eigenvalue weighted by molar-refractivity contribution is 0.553. The zero-order valence-electron chi connectivity index (χ0n) is 36.2. The molecule has 0 bridgehead atoms. The van der Waals surface area contributed by atoms with E-state index >= 15 is 0 Å². The molecule has 0 amide bonds. The van der Waals surface area contributed by atoms with Gasteiger partial charge in [-0.3, -0.25) is 0 Å². The van der Waals surface area contributed by atoms with Gasteiger partial charge in [0, 0.05) is 5.30 Å². The Morgan fingerprint density at radius 3 is 0.771 bits per heavy atom. The normalized spacial score (nSPS) is 18.4. The Bertz CT molecular complexity index is 1550. The maximum atomic E-state index is 2.68. The third-order valence-electron chi connectivity index (χ3n) is 9.82. The highest BCUT2D eigenvalue weighted by atomic mass is 31.2. The van der Waals surface area contributed by atoms with E-state index in [1.54, 1.807) is 32.9 Å². The van der Waals surface area contributed by atoms with E-state index in [0.717, 1.165) is 0 Å². The minimum absolute atomic E-state index is 0.0634. The Hall–Kier alpha value is -0.656. The van der Waals surface area contributed by atoms with E-state index < -0.39 is 31.2 Å². The zero-order chi connectivity index (χ0) is 37.8. The van der Waals surface area contributed by atoms with Crippen molar-refractivity contribution in [1.82, 2.24) is 0 Å². The van der Waals surface area contributed by atoms with Crippen molar-refractivity contribution < 1.29 is 0 Å². The van der Waals surface area contributed by atoms with Crippen LogP contribution in [0.25, 0.3) is 0 Å². The Balaban J connectivity index is 2.81. The summed E-state index contributed by atoms with van der Waals surface area (Å²) in [5.41, 5.74) is 9.90. The highest BCUT2D eigenvalue weighted by Gasteiger charge is 2.49. The van der Waals surface area contributed by atoms with Crippen molar-refractivity contribution in [2.24, 2.45) is 0 Å². The first-order valence-electron chi connectivity index (χ1n) is 18.7. The van der Waals surface area contributed by atoms with Crippen molar-refractivity contribution in [2.75, 3.05) is 0 Å². The van der Waals surface area contributed by atoms with Crippen LogP contribution in [-0.4, -0.2) is 25.5 Å². The van der Waals surface area contributed by atoms with Crippen molar-refractivity contribution in [2.45, 2.75) is 196 Å². The van der Waals surface area contributed by atoms with Gasteiger partial charge in [0.25, 0.3) is 0 Å². The lowest BCUT2D eigenvalue weighted by atomic mass is 9.75. The summed E-state index contributed by atoms with van der Waals surface area (Å²) in [6.07, 6.45) is 0. The van der Waals surface area contributed by atoms with Crippen molar-refractivity contribution in [1.29, 1.82) is 0 Å². The predicted molar refractivity (Wildman–Crippen MR) is 235 cm³/mol. The Morgan fingerprint density at radius 2 is 0.583 bits per heavy atom. The molecule has 1 aliphatic rings. The molecule has 0 atom stereocenters. The molecule has 0 nitrogen and oxygen atoms in total. The van der Waals surface area contributed by atoms with E-state index in [1.165, 1.54) is 11.1 Å². The lowest BCUT2D eigenvalue weighted by Crippen LogP contribution is -2.50. The van der Waals surface area contributed by atoms with Crippen LogP contribution in [0.2, 0.25) is 39.3 Å². The van der Waals surface area contributed by atoms with Gasteiger partial charge in [-0.15, -0.1) is 0 Å². The molecule has 0 aromatic heterocycles. The maximum absolute atomic E-state index is 2.68. The highest BCUT2D eigenvalue weighted by Crippen LogP contribution is 2.63. The van der Waals surface area contributed by atoms with E-state index in [9.17, 15) is 0 Å². The molecular weight excluding hydrogens is 647 g/mol. The molecule has 0 aliphatic carbocycles. The summed E-state index contributed by atoms with van der Waals surface area (Å²) in [5, 5.41) is 3.49. The minimum atomic E-state index is -1.74. The Kier molecular flexibility index (Phi) is 10.9. The lowest BCUT2D eigenvalue weighted by Gasteiger charge is -2.49. The van der Waals surface area contributed by atoms with Crippen LogP contribution < -0.4 is 10.6 Å². The molecule has 2 aromatic rings. The van der Waals surface area contributed by atoms with Gasteiger partial charge in [0.2, 0.25) is 0 Å². The number of hydrogen-bond acceptors (Lipinski definition) is 0. The summed E-state index contributed by atoms with van der Waals surface area (Å²) in [4.78, 5) is 0. The van der Waals surface area contributed by atoms with Crippen LogP contribution in [0.5, 0.6) is 0 Å². The molecule has 1 aliphatic heterocycles. The number of benzene rings is 2. The van der Waals surface area contributed by atoms with E-state index in [-0.39, 0.29) is 32.5 Å². The summed E-state index contributed by atoms with van der Waals surface area (Å²) in [5.74, 6) is 0. The SMILES string of the molecule is CC(C)(C)c1cc(C(C)(C)C)c(P2C([Si](C)(C)C)=P(c3c(C(C)(C)C)cc(C(C)(C)C)cc3C(C)(C)C)=C2[Si](C)(C)C)c(C(C)(C)C)c1. The van der Waals surface area contributed by atoms with Gasteiger partial charge in [0.05, 0.1) is 16.1 Å². The molecule has 0 saturated heterocycles. The minimum Gasteiger partial charge on any atom is -0.0924 e. The van der Waals surface area contributed by atoms with Crippen LogP contribution in [0.3, 0.4) is 0 Å². The fourth-order valence-electron chi connectivity index (χ4n) is 7.02. The van der Waals surface area contributed by atoms with Crippen LogP contribution in [0.15, 0.2) is 24.3 Å². The second kappa shape index (κ2) is 12.5. The topological polar surface area (TPSA) is 0 Å². The van der Waals surface area contributed by atoms with Crippen molar-refractivity contribution in [3.05, 3.63) is 57.6 Å². The Morgan fingerprint density at radius 1 is 0.354 bits per heavy atom. The second-order valence-corrected chi connectivity index (χ2v) is 39.6. The number of hydrogen-bond donors (Lipinski definition) is 0. The van der Waals surface area contributed by atoms with E-state index in [2.05, 4.69) is 188 Å². The first-order chi connectivity index (χ1) is 20.9. The standard InChI is InChI=1S/C44H76P2Si2/c1-39(2,3)29-25-31(41(7,8)9)35(32(26-29)42(10,11)12)45-37(47(19,20)21)46(38(45)48(22,23)24)36-33(43(13,14)15)27-30(40(4,5)6)28-34(36)44(16,17)18/h25-28H,1-24H3. The zero-order valence-corrected chi connectivity index (χ0v) is 40.0. The molecule has 0 unspecified atom stereocenters. The van der Waals surface area contributed by atoms with Gasteiger partial charge in [-0.25, -0.2) is 0 Å². The average Bonchev–Trinajstić information content (AvgIpc) is 2.77. The molecule has 3 rings (SSSR count). The molecular formula is C44H76P2Si2. The quantitative estimate of drug-likeness (QED) is 0.218. The Labute approximate surface area is 303 Å². The average molecular weight is 723 g/mol. The van der Waals surface area contributed by atoms with Gasteiger partial charge in [-0.05, 0) is 88.4 Å². The van der Waals surface area contributed by atoms with Crippen LogP contribution in [-0.2, 0) is 32.5 Å². The summed E-state index contributed by atoms with van der Waals surface area (Å²) in [6.45, 7) is 60.2. The fraction of sp³-hybridized carbons (Fsp3) is 0.682. The smallest absolute Gasteiger partial charge is 0.0845 e. The third kappa shape index (κ3) is 8.35. The van der Waals surface area contributed by atoms with Gasteiger partial charge in [0.15, 0.2) is 0 Å². The van der Waals surface area contributed by atoms with Crippen LogP contribution in [0.4, 0.5) is 0 Å². The third-order valence-corrected chi connectivity index (χ3v) is 29.2. The fourth-order valence-corrected chi connectivity index (χ4v) is 29.4. The molecule has 0 radical (unpaired) electrons. The molecule has 270 valence electrons. The van der Waals surface area contributed by atoms with Gasteiger partial charge in [-0.2, -0.15) is 0 Å². The van der Waals surface area contributed by atoms with Gasteiger partial charge < -0.3 is 0 Å². The van der Waals surface area contributed by atoms with E-state index in [0.29, 0.717) is 0 Å². The van der Waals surface area contributed by atoms with Crippen molar-refractivity contribution in [3.63, 3.8) is 0 Å². The van der Waals surface area contributed by atoms with Gasteiger partial charge in [-0.1, -0.05) is 195 Å². The first kappa shape index (κ1) is 41.8. The first-order valence-corrected chi connectivity index (χ1v) is 28.3. The number of rotatable bonds is 4. The molecule has 4 heteroatoms. The van der Waals surface area contributed by atoms with E-state index in [1.807, 2.05) is 9.32 Å². The van der Waals surface area contributed by atoms with Crippen LogP contribution in [0.1, 0.15) is 158 Å². The molecule has 0 N–H and O–H groups in total. The summed E-state index contributed by atoms with van der Waals surface area (Å²) in [6, 6.07) is 10.6. The summed E-state index contributed by atoms with van der Waals surface area (Å²) in [7, 11) is -4.51. The summed E-state index contributed by atoms with van der Waals surface area (Å²) >= 11 is 0. The second-order valence-electron chi connectivity index (χ2n) is 23.2.